The summed E-state index contributed by atoms with van der Waals surface area (Å²) >= 11 is 8.64. The summed E-state index contributed by atoms with van der Waals surface area (Å²) in [5, 5.41) is 3.71. The number of nitrogens with zero attached hydrogens (tertiary/aromatic N) is 2. The molecule has 28 heavy (non-hydrogen) atoms. The monoisotopic (exact) mass is 508 g/mol. The lowest BCUT2D eigenvalue weighted by Crippen LogP contribution is -2.25. The van der Waals surface area contributed by atoms with Crippen molar-refractivity contribution in [1.82, 2.24) is 15.4 Å². The molecule has 8 heteroatoms. The average Bonchev–Trinajstić information content (AvgIpc) is 3.50. The van der Waals surface area contributed by atoms with Gasteiger partial charge in [-0.25, -0.2) is 5.48 Å². The molecule has 6 nitrogen and oxygen atoms in total. The Labute approximate surface area is 181 Å². The lowest BCUT2D eigenvalue weighted by Gasteiger charge is -2.16. The number of aromatic nitrogens is 2. The van der Waals surface area contributed by atoms with Gasteiger partial charge in [0.25, 0.3) is 5.91 Å². The van der Waals surface area contributed by atoms with Crippen molar-refractivity contribution in [2.75, 3.05) is 11.9 Å². The molecule has 0 bridgehead atoms. The lowest BCUT2D eigenvalue weighted by molar-refractivity contribution is 0.0271. The number of benzene rings is 2. The number of nitrogens with one attached hydrogen (secondary N) is 2. The van der Waals surface area contributed by atoms with Crippen LogP contribution < -0.4 is 10.8 Å². The van der Waals surface area contributed by atoms with Crippen molar-refractivity contribution in [3.8, 4) is 0 Å². The zero-order valence-corrected chi connectivity index (χ0v) is 18.0. The highest BCUT2D eigenvalue weighted by atomic mass is 127. The Morgan fingerprint density at radius 2 is 2.00 bits per heavy atom. The molecule has 1 heterocycles. The molecule has 1 aromatic heterocycles. The van der Waals surface area contributed by atoms with Crippen LogP contribution in [0.15, 0.2) is 36.7 Å². The van der Waals surface area contributed by atoms with Gasteiger partial charge < -0.3 is 5.32 Å². The van der Waals surface area contributed by atoms with Gasteiger partial charge in [0.15, 0.2) is 0 Å². The van der Waals surface area contributed by atoms with Gasteiger partial charge >= 0.3 is 0 Å². The number of rotatable bonds is 6. The predicted molar refractivity (Wildman–Crippen MR) is 118 cm³/mol. The van der Waals surface area contributed by atoms with Crippen LogP contribution in [0.1, 0.15) is 28.8 Å². The number of amides is 1. The lowest BCUT2D eigenvalue weighted by atomic mass is 10.1. The minimum atomic E-state index is -0.374. The molecule has 0 radical (unpaired) electrons. The number of hydrogen-bond acceptors (Lipinski definition) is 5. The van der Waals surface area contributed by atoms with Crippen LogP contribution in [0.5, 0.6) is 0 Å². The molecule has 1 aliphatic carbocycles. The van der Waals surface area contributed by atoms with Crippen molar-refractivity contribution >= 4 is 62.5 Å². The summed E-state index contributed by atoms with van der Waals surface area (Å²) in [6.07, 6.45) is 5.45. The molecule has 0 unspecified atom stereocenters. The van der Waals surface area contributed by atoms with E-state index in [0.717, 1.165) is 27.7 Å². The highest BCUT2D eigenvalue weighted by molar-refractivity contribution is 14.1. The molecule has 0 saturated heterocycles. The zero-order chi connectivity index (χ0) is 19.7. The van der Waals surface area contributed by atoms with Gasteiger partial charge in [-0.3, -0.25) is 19.6 Å². The fraction of sp³-hybridized carbons (Fsp3) is 0.250. The number of hydrogen-bond donors (Lipinski definition) is 2. The van der Waals surface area contributed by atoms with Gasteiger partial charge in [-0.05, 0) is 78.1 Å². The third-order valence-electron chi connectivity index (χ3n) is 4.58. The van der Waals surface area contributed by atoms with Crippen LogP contribution in [0.4, 0.5) is 11.4 Å². The largest absolute Gasteiger partial charge is 0.353 e. The van der Waals surface area contributed by atoms with Crippen LogP contribution in [0.2, 0.25) is 5.02 Å². The van der Waals surface area contributed by atoms with Crippen molar-refractivity contribution < 1.29 is 9.63 Å². The van der Waals surface area contributed by atoms with Crippen LogP contribution >= 0.6 is 34.2 Å². The number of hydroxylamine groups is 1. The quantitative estimate of drug-likeness (QED) is 0.362. The number of fused-ring (bicyclic) bond motifs is 1. The summed E-state index contributed by atoms with van der Waals surface area (Å²) in [4.78, 5) is 26.9. The number of halogens is 2. The van der Waals surface area contributed by atoms with E-state index in [9.17, 15) is 4.79 Å². The first kappa shape index (κ1) is 19.4. The maximum absolute atomic E-state index is 12.8. The first-order chi connectivity index (χ1) is 13.5. The summed E-state index contributed by atoms with van der Waals surface area (Å²) in [5.74, 6) is 0.166. The molecular formula is C20H18ClIN4O2. The van der Waals surface area contributed by atoms with Crippen LogP contribution in [0.3, 0.4) is 0 Å². The van der Waals surface area contributed by atoms with E-state index < -0.39 is 0 Å². The highest BCUT2D eigenvalue weighted by Crippen LogP contribution is 2.34. The van der Waals surface area contributed by atoms with Crippen molar-refractivity contribution in [1.29, 1.82) is 0 Å². The molecule has 0 aliphatic heterocycles. The Balaban J connectivity index is 1.74. The summed E-state index contributed by atoms with van der Waals surface area (Å²) < 4.78 is 1.13. The van der Waals surface area contributed by atoms with E-state index in [0.29, 0.717) is 39.8 Å². The van der Waals surface area contributed by atoms with Gasteiger partial charge in [0.05, 0.1) is 22.9 Å². The summed E-state index contributed by atoms with van der Waals surface area (Å²) in [6, 6.07) is 7.63. The van der Waals surface area contributed by atoms with Crippen LogP contribution in [0.25, 0.3) is 11.0 Å². The number of anilines is 2. The second kappa shape index (κ2) is 8.18. The molecule has 144 valence electrons. The predicted octanol–water partition coefficient (Wildman–Crippen LogP) is 5.01. The molecule has 1 saturated carbocycles. The molecule has 1 aliphatic rings. The van der Waals surface area contributed by atoms with E-state index in [-0.39, 0.29) is 5.91 Å². The molecule has 0 atom stereocenters. The highest BCUT2D eigenvalue weighted by Gasteiger charge is 2.23. The Bertz CT molecular complexity index is 1060. The van der Waals surface area contributed by atoms with Crippen molar-refractivity contribution in [3.05, 3.63) is 56.4 Å². The Morgan fingerprint density at radius 3 is 2.71 bits per heavy atom. The molecule has 1 fully saturated rings. The maximum atomic E-state index is 12.8. The van der Waals surface area contributed by atoms with Gasteiger partial charge in [-0.2, -0.15) is 0 Å². The fourth-order valence-electron chi connectivity index (χ4n) is 2.86. The van der Waals surface area contributed by atoms with Crippen LogP contribution in [-0.2, 0) is 4.84 Å². The first-order valence-electron chi connectivity index (χ1n) is 8.91. The summed E-state index contributed by atoms with van der Waals surface area (Å²) in [5.41, 5.74) is 6.41. The first-order valence-corrected chi connectivity index (χ1v) is 10.4. The van der Waals surface area contributed by atoms with E-state index in [1.54, 1.807) is 18.5 Å². The standard InChI is InChI=1S/C20H18ClIN4O2/c1-11-8-13(22)4-5-16(11)25-17-14(20(27)26-28-10-12-2-3-12)9-15(21)18-19(17)24-7-6-23-18/h4-9,12,25H,2-3,10H2,1H3,(H,26,27). The van der Waals surface area contributed by atoms with Gasteiger partial charge in [0.2, 0.25) is 0 Å². The third kappa shape index (κ3) is 4.21. The van der Waals surface area contributed by atoms with E-state index in [4.69, 9.17) is 16.4 Å². The van der Waals surface area contributed by atoms with E-state index in [1.165, 1.54) is 0 Å². The van der Waals surface area contributed by atoms with Gasteiger partial charge in [0, 0.05) is 21.7 Å². The van der Waals surface area contributed by atoms with Crippen molar-refractivity contribution in [3.63, 3.8) is 0 Å². The van der Waals surface area contributed by atoms with Crippen molar-refractivity contribution in [2.24, 2.45) is 5.92 Å². The van der Waals surface area contributed by atoms with Crippen LogP contribution in [-0.4, -0.2) is 22.5 Å². The van der Waals surface area contributed by atoms with Gasteiger partial charge in [-0.15, -0.1) is 0 Å². The SMILES string of the molecule is Cc1cc(I)ccc1Nc1c(C(=O)NOCC2CC2)cc(Cl)c2nccnc12. The maximum Gasteiger partial charge on any atom is 0.277 e. The number of carbonyl (C=O) groups is 1. The normalized spacial score (nSPS) is 13.5. The Morgan fingerprint density at radius 1 is 1.25 bits per heavy atom. The van der Waals surface area contributed by atoms with Gasteiger partial charge in [-0.1, -0.05) is 11.6 Å². The van der Waals surface area contributed by atoms with E-state index in [1.807, 2.05) is 19.1 Å². The average molecular weight is 509 g/mol. The zero-order valence-electron chi connectivity index (χ0n) is 15.1. The minimum absolute atomic E-state index is 0.353. The smallest absolute Gasteiger partial charge is 0.277 e. The van der Waals surface area contributed by atoms with Crippen LogP contribution in [0, 0.1) is 16.4 Å². The van der Waals surface area contributed by atoms with E-state index >= 15 is 0 Å². The summed E-state index contributed by atoms with van der Waals surface area (Å²) in [6.45, 7) is 2.53. The molecule has 2 aromatic carbocycles. The summed E-state index contributed by atoms with van der Waals surface area (Å²) in [7, 11) is 0. The van der Waals surface area contributed by atoms with Crippen molar-refractivity contribution in [2.45, 2.75) is 19.8 Å². The Hall–Kier alpha value is -1.97. The molecule has 1 amide bonds. The molecule has 0 spiro atoms. The molecule has 3 aromatic rings. The number of aryl methyl sites for hydroxylation is 1. The van der Waals surface area contributed by atoms with Gasteiger partial charge in [0.1, 0.15) is 11.0 Å². The minimum Gasteiger partial charge on any atom is -0.353 e. The second-order valence-corrected chi connectivity index (χ2v) is 8.46. The molecular weight excluding hydrogens is 491 g/mol. The second-order valence-electron chi connectivity index (χ2n) is 6.80. The molecule has 2 N–H and O–H groups in total. The molecule has 4 rings (SSSR count). The third-order valence-corrected chi connectivity index (χ3v) is 5.53. The topological polar surface area (TPSA) is 76.1 Å². The van der Waals surface area contributed by atoms with E-state index in [2.05, 4.69) is 49.4 Å². The fourth-order valence-corrected chi connectivity index (χ4v) is 3.76. The number of carbonyl (C=O) groups excluding carboxylic acids is 1. The Kier molecular flexibility index (Phi) is 5.65.